The van der Waals surface area contributed by atoms with Crippen LogP contribution in [-0.2, 0) is 33.3 Å². The van der Waals surface area contributed by atoms with Crippen LogP contribution in [0.1, 0.15) is 144 Å². The molecule has 1 aromatic rings. The van der Waals surface area contributed by atoms with Crippen molar-refractivity contribution in [3.8, 4) is 0 Å². The second kappa shape index (κ2) is 19.3. The average molecular weight is 870 g/mol. The third kappa shape index (κ3) is 9.45. The number of aliphatic hydroxyl groups excluding tert-OH is 2. The number of amides is 2. The minimum absolute atomic E-state index is 0.00985. The molecular weight excluding hydrogens is 795 g/mol. The predicted octanol–water partition coefficient (Wildman–Crippen LogP) is 5.96. The van der Waals surface area contributed by atoms with E-state index in [-0.39, 0.29) is 41.7 Å². The summed E-state index contributed by atoms with van der Waals surface area (Å²) >= 11 is 0. The molecule has 6 rings (SSSR count). The summed E-state index contributed by atoms with van der Waals surface area (Å²) in [5.74, 6) is -5.90. The van der Waals surface area contributed by atoms with E-state index in [1.165, 1.54) is 12.4 Å². The van der Waals surface area contributed by atoms with Crippen LogP contribution in [0, 0.1) is 41.4 Å². The van der Waals surface area contributed by atoms with E-state index < -0.39 is 82.9 Å². The number of hydrogen-bond acceptors (Lipinski definition) is 12. The number of Topliss-reactive ketones (excluding diaryl/α,β-unsaturated/α-hetero) is 1. The molecule has 1 aromatic heterocycles. The third-order valence-electron chi connectivity index (χ3n) is 15.7. The van der Waals surface area contributed by atoms with Gasteiger partial charge in [-0.05, 0) is 108 Å². The van der Waals surface area contributed by atoms with Gasteiger partial charge in [-0.3, -0.25) is 30.2 Å². The maximum atomic E-state index is 14.6. The molecule has 0 bridgehead atoms. The number of nitrogens with one attached hydrogen (secondary N) is 2. The Kier molecular flexibility index (Phi) is 15.2. The highest BCUT2D eigenvalue weighted by molar-refractivity contribution is 5.95. The molecule has 0 aliphatic carbocycles. The number of hydrazine groups is 1. The monoisotopic (exact) mass is 870 g/mol. The first-order chi connectivity index (χ1) is 29.3. The number of aromatic nitrogens is 1. The maximum Gasteiger partial charge on any atom is 0.269 e. The Morgan fingerprint density at radius 2 is 1.58 bits per heavy atom. The van der Waals surface area contributed by atoms with Crippen molar-refractivity contribution in [3.05, 3.63) is 42.2 Å². The molecule has 5 aliphatic rings. The number of aliphatic hydroxyl groups is 3. The number of pyridine rings is 1. The molecule has 1 unspecified atom stereocenters. The molecule has 14 heteroatoms. The molecule has 18 atom stereocenters. The number of ketones is 1. The lowest BCUT2D eigenvalue weighted by Gasteiger charge is -2.54. The van der Waals surface area contributed by atoms with Gasteiger partial charge in [0.1, 0.15) is 11.9 Å². The molecule has 2 spiro atoms. The highest BCUT2D eigenvalue weighted by Crippen LogP contribution is 2.54. The number of carbonyl (C=O) groups is 3. The van der Waals surface area contributed by atoms with Crippen molar-refractivity contribution in [3.63, 3.8) is 0 Å². The second-order valence-corrected chi connectivity index (χ2v) is 19.8. The summed E-state index contributed by atoms with van der Waals surface area (Å²) in [6.45, 7) is 19.7. The number of rotatable bonds is 13. The number of nitrogens with zero attached hydrogens (tertiary/aromatic N) is 1. The zero-order valence-corrected chi connectivity index (χ0v) is 38.7. The number of carbonyl (C=O) groups excluding carboxylic acids is 3. The van der Waals surface area contributed by atoms with E-state index >= 15 is 0 Å². The van der Waals surface area contributed by atoms with Gasteiger partial charge in [0.15, 0.2) is 5.79 Å². The first-order valence-electron chi connectivity index (χ1n) is 23.5. The summed E-state index contributed by atoms with van der Waals surface area (Å²) in [6.07, 6.45) is 8.24. The molecule has 5 aliphatic heterocycles. The molecule has 4 fully saturated rings. The summed E-state index contributed by atoms with van der Waals surface area (Å²) in [4.78, 5) is 44.5. The molecule has 62 heavy (non-hydrogen) atoms. The Balaban J connectivity index is 1.11. The van der Waals surface area contributed by atoms with Crippen LogP contribution < -0.4 is 10.9 Å². The molecule has 4 saturated heterocycles. The number of ether oxygens (including phenoxy) is 5. The SMILES string of the molecule is CC[C@@H](C(=O)[C@@H](C)[C@@H](O)[C@H](C)[C@@H]1O[C@@H]([C@@H](CC)C(=O)NNC(=O)c2ccncc2)CCC1C)[C@H]1O[C@]2(C=C[C@@H](O)[C@]3(CC[C@@](C)([C@H]4CC[C@](O)(CC)[C@H](C)O4)O3)O2)[C@H](C)C[C@@H]1C. The maximum absolute atomic E-state index is 14.6. The van der Waals surface area contributed by atoms with E-state index in [9.17, 15) is 29.7 Å². The van der Waals surface area contributed by atoms with Gasteiger partial charge in [-0.15, -0.1) is 0 Å². The van der Waals surface area contributed by atoms with Gasteiger partial charge in [0, 0.05) is 48.0 Å². The van der Waals surface area contributed by atoms with Gasteiger partial charge in [-0.1, -0.05) is 55.4 Å². The van der Waals surface area contributed by atoms with Crippen LogP contribution in [0.4, 0.5) is 0 Å². The molecule has 0 aromatic carbocycles. The lowest BCUT2D eigenvalue weighted by molar-refractivity contribution is -0.409. The van der Waals surface area contributed by atoms with E-state index in [0.717, 1.165) is 6.42 Å². The molecule has 348 valence electrons. The molecule has 0 radical (unpaired) electrons. The fraction of sp³-hybridized carbons (Fsp3) is 0.792. The zero-order chi connectivity index (χ0) is 45.4. The molecular formula is C48H75N3O11. The summed E-state index contributed by atoms with van der Waals surface area (Å²) in [5, 5.41) is 34.5. The van der Waals surface area contributed by atoms with Crippen molar-refractivity contribution in [2.24, 2.45) is 41.4 Å². The first kappa shape index (κ1) is 48.6. The van der Waals surface area contributed by atoms with Gasteiger partial charge in [0.05, 0.1) is 53.7 Å². The van der Waals surface area contributed by atoms with E-state index in [4.69, 9.17) is 23.7 Å². The predicted molar refractivity (Wildman–Crippen MR) is 231 cm³/mol. The Morgan fingerprint density at radius 3 is 2.23 bits per heavy atom. The normalized spacial score (nSPS) is 41.0. The molecule has 5 N–H and O–H groups in total. The number of hydrogen-bond donors (Lipinski definition) is 5. The highest BCUT2D eigenvalue weighted by atomic mass is 16.8. The van der Waals surface area contributed by atoms with Gasteiger partial charge in [0.25, 0.3) is 5.91 Å². The molecule has 0 saturated carbocycles. The Hall–Kier alpha value is -2.82. The van der Waals surface area contributed by atoms with Crippen molar-refractivity contribution < 1.29 is 53.4 Å². The van der Waals surface area contributed by atoms with Crippen LogP contribution in [0.15, 0.2) is 36.7 Å². The van der Waals surface area contributed by atoms with Crippen molar-refractivity contribution in [1.82, 2.24) is 15.8 Å². The Labute approximate surface area is 368 Å². The fourth-order valence-electron chi connectivity index (χ4n) is 11.3. The van der Waals surface area contributed by atoms with Crippen molar-refractivity contribution >= 4 is 17.6 Å². The third-order valence-corrected chi connectivity index (χ3v) is 15.7. The Bertz CT molecular complexity index is 1750. The van der Waals surface area contributed by atoms with Crippen LogP contribution in [0.2, 0.25) is 0 Å². The van der Waals surface area contributed by atoms with Crippen LogP contribution in [-0.4, -0.2) is 103 Å². The minimum atomic E-state index is -1.39. The fourth-order valence-corrected chi connectivity index (χ4v) is 11.3. The van der Waals surface area contributed by atoms with Crippen molar-refractivity contribution in [1.29, 1.82) is 0 Å². The van der Waals surface area contributed by atoms with Gasteiger partial charge in [0.2, 0.25) is 11.7 Å². The summed E-state index contributed by atoms with van der Waals surface area (Å²) in [7, 11) is 0. The lowest BCUT2D eigenvalue weighted by atomic mass is 9.72. The second-order valence-electron chi connectivity index (χ2n) is 19.8. The standard InChI is InChI=1S/C48H75N3O11/c1-11-34(44(56)51-50-43(55)33-18-24-49-25-19-33)36-15-14-27(4)41(59-36)31(8)39(53)30(7)40(54)35(12-2)42-28(5)26-29(6)47(60-42)21-16-37(52)48(62-47)23-22-45(10,61-48)38-17-20-46(57,13-3)32(9)58-38/h16,18-19,21,24-25,27-32,34-39,41-42,52-53,57H,11-15,17,20,22-23,26H2,1-10H3,(H,50,55)(H,51,56)/t27?,28-,29+,30-,31-,32-,34+,35-,36+,37+,38+,39+,41+,42-,45-,46+,47-,48-/m0/s1. The molecule has 2 amide bonds. The van der Waals surface area contributed by atoms with Gasteiger partial charge in [-0.25, -0.2) is 0 Å². The van der Waals surface area contributed by atoms with E-state index in [0.29, 0.717) is 63.4 Å². The quantitative estimate of drug-likeness (QED) is 0.116. The largest absolute Gasteiger partial charge is 0.392 e. The summed E-state index contributed by atoms with van der Waals surface area (Å²) in [5.41, 5.74) is 3.77. The van der Waals surface area contributed by atoms with Gasteiger partial charge >= 0.3 is 0 Å². The van der Waals surface area contributed by atoms with Gasteiger partial charge < -0.3 is 39.0 Å². The van der Waals surface area contributed by atoms with Crippen molar-refractivity contribution in [2.45, 2.75) is 199 Å². The Morgan fingerprint density at radius 1 is 0.887 bits per heavy atom. The van der Waals surface area contributed by atoms with E-state index in [2.05, 4.69) is 36.6 Å². The minimum Gasteiger partial charge on any atom is -0.392 e. The first-order valence-corrected chi connectivity index (χ1v) is 23.5. The van der Waals surface area contributed by atoms with Crippen LogP contribution in [0.3, 0.4) is 0 Å². The van der Waals surface area contributed by atoms with Crippen LogP contribution >= 0.6 is 0 Å². The van der Waals surface area contributed by atoms with E-state index in [1.54, 1.807) is 31.2 Å². The van der Waals surface area contributed by atoms with Crippen LogP contribution in [0.25, 0.3) is 0 Å². The molecule has 14 nitrogen and oxygen atoms in total. The summed E-state index contributed by atoms with van der Waals surface area (Å²) in [6, 6.07) is 3.12. The highest BCUT2D eigenvalue weighted by Gasteiger charge is 2.63. The smallest absolute Gasteiger partial charge is 0.269 e. The average Bonchev–Trinajstić information content (AvgIpc) is 3.61. The topological polar surface area (TPSA) is 195 Å². The van der Waals surface area contributed by atoms with Crippen LogP contribution in [0.5, 0.6) is 0 Å². The summed E-state index contributed by atoms with van der Waals surface area (Å²) < 4.78 is 33.9. The lowest BCUT2D eigenvalue weighted by Crippen LogP contribution is -2.63. The molecule has 6 heterocycles. The van der Waals surface area contributed by atoms with Gasteiger partial charge in [-0.2, -0.15) is 0 Å². The van der Waals surface area contributed by atoms with Crippen molar-refractivity contribution in [2.75, 3.05) is 0 Å². The zero-order valence-electron chi connectivity index (χ0n) is 38.7. The van der Waals surface area contributed by atoms with E-state index in [1.807, 2.05) is 41.5 Å².